The van der Waals surface area contributed by atoms with Crippen molar-refractivity contribution < 1.29 is 24.5 Å². The van der Waals surface area contributed by atoms with Gasteiger partial charge in [-0.05, 0) is 25.5 Å². The van der Waals surface area contributed by atoms with E-state index in [-0.39, 0.29) is 19.8 Å². The number of rotatable bonds is 10. The summed E-state index contributed by atoms with van der Waals surface area (Å²) in [6.07, 6.45) is 4.31. The predicted octanol–water partition coefficient (Wildman–Crippen LogP) is 2.81. The molecule has 22 heavy (non-hydrogen) atoms. The number of ether oxygens (including phenoxy) is 2. The van der Waals surface area contributed by atoms with E-state index in [0.717, 1.165) is 25.7 Å². The smallest absolute Gasteiger partial charge is 0.338 e. The first-order valence-electron chi connectivity index (χ1n) is 7.85. The van der Waals surface area contributed by atoms with E-state index < -0.39 is 5.97 Å². The highest BCUT2D eigenvalue weighted by molar-refractivity contribution is 5.90. The van der Waals surface area contributed by atoms with E-state index in [1.165, 1.54) is 0 Å². The van der Waals surface area contributed by atoms with Crippen molar-refractivity contribution in [2.75, 3.05) is 13.2 Å². The standard InChI is InChI=1S/C17H26O5/c1-3-5-6-7-8-22-16-14(11-18)9-13(10-15(16)12-19)17(20)21-4-2/h9-10,18-19H,3-8,11-12H2,1-2H3. The van der Waals surface area contributed by atoms with Crippen LogP contribution in [0, 0.1) is 0 Å². The average molecular weight is 310 g/mol. The number of hydrogen-bond donors (Lipinski definition) is 2. The fourth-order valence-electron chi connectivity index (χ4n) is 2.21. The summed E-state index contributed by atoms with van der Waals surface area (Å²) in [4.78, 5) is 11.8. The predicted molar refractivity (Wildman–Crippen MR) is 83.9 cm³/mol. The highest BCUT2D eigenvalue weighted by Gasteiger charge is 2.16. The van der Waals surface area contributed by atoms with Gasteiger partial charge in [-0.2, -0.15) is 0 Å². The lowest BCUT2D eigenvalue weighted by molar-refractivity contribution is 0.0526. The zero-order chi connectivity index (χ0) is 16.4. The third-order valence-corrected chi connectivity index (χ3v) is 3.34. The first kappa shape index (κ1) is 18.5. The molecule has 5 nitrogen and oxygen atoms in total. The molecule has 0 fully saturated rings. The van der Waals surface area contributed by atoms with Gasteiger partial charge >= 0.3 is 5.97 Å². The molecule has 0 amide bonds. The first-order chi connectivity index (χ1) is 10.7. The van der Waals surface area contributed by atoms with E-state index in [1.807, 2.05) is 0 Å². The van der Waals surface area contributed by atoms with Gasteiger partial charge in [-0.3, -0.25) is 0 Å². The fraction of sp³-hybridized carbons (Fsp3) is 0.588. The zero-order valence-corrected chi connectivity index (χ0v) is 13.4. The number of carbonyl (C=O) groups excluding carboxylic acids is 1. The van der Waals surface area contributed by atoms with Gasteiger partial charge in [0.25, 0.3) is 0 Å². The summed E-state index contributed by atoms with van der Waals surface area (Å²) < 4.78 is 10.7. The van der Waals surface area contributed by atoms with Crippen molar-refractivity contribution in [1.82, 2.24) is 0 Å². The van der Waals surface area contributed by atoms with Gasteiger partial charge < -0.3 is 19.7 Å². The summed E-state index contributed by atoms with van der Waals surface area (Å²) in [7, 11) is 0. The van der Waals surface area contributed by atoms with Gasteiger partial charge in [-0.25, -0.2) is 4.79 Å². The van der Waals surface area contributed by atoms with Crippen molar-refractivity contribution in [2.24, 2.45) is 0 Å². The van der Waals surface area contributed by atoms with Crippen molar-refractivity contribution >= 4 is 5.97 Å². The van der Waals surface area contributed by atoms with Crippen LogP contribution in [0.15, 0.2) is 12.1 Å². The van der Waals surface area contributed by atoms with Crippen LogP contribution in [0.3, 0.4) is 0 Å². The number of esters is 1. The average Bonchev–Trinajstić information content (AvgIpc) is 2.54. The summed E-state index contributed by atoms with van der Waals surface area (Å²) in [6.45, 7) is 4.15. The molecule has 1 aromatic carbocycles. The maximum Gasteiger partial charge on any atom is 0.338 e. The van der Waals surface area contributed by atoms with Gasteiger partial charge in [0.1, 0.15) is 5.75 Å². The molecule has 0 heterocycles. The van der Waals surface area contributed by atoms with Crippen LogP contribution in [-0.2, 0) is 18.0 Å². The lowest BCUT2D eigenvalue weighted by Gasteiger charge is -2.15. The lowest BCUT2D eigenvalue weighted by Crippen LogP contribution is -2.09. The van der Waals surface area contributed by atoms with Crippen molar-refractivity contribution in [3.63, 3.8) is 0 Å². The van der Waals surface area contributed by atoms with Gasteiger partial charge in [0.15, 0.2) is 0 Å². The molecule has 0 radical (unpaired) electrons. The van der Waals surface area contributed by atoms with E-state index in [1.54, 1.807) is 19.1 Å². The molecule has 0 spiro atoms. The fourth-order valence-corrected chi connectivity index (χ4v) is 2.21. The van der Waals surface area contributed by atoms with Crippen LogP contribution < -0.4 is 4.74 Å². The third kappa shape index (κ3) is 5.31. The van der Waals surface area contributed by atoms with Crippen LogP contribution >= 0.6 is 0 Å². The molecule has 5 heteroatoms. The number of unbranched alkanes of at least 4 members (excludes halogenated alkanes) is 3. The summed E-state index contributed by atoms with van der Waals surface area (Å²) in [5.74, 6) is -0.00376. The van der Waals surface area contributed by atoms with Crippen molar-refractivity contribution in [3.8, 4) is 5.75 Å². The summed E-state index contributed by atoms with van der Waals surface area (Å²) >= 11 is 0. The molecule has 0 saturated heterocycles. The number of carbonyl (C=O) groups is 1. The highest BCUT2D eigenvalue weighted by atomic mass is 16.5. The Bertz CT molecular complexity index is 445. The number of aliphatic hydroxyl groups excluding tert-OH is 2. The molecular weight excluding hydrogens is 284 g/mol. The molecule has 0 aromatic heterocycles. The molecule has 0 unspecified atom stereocenters. The van der Waals surface area contributed by atoms with Gasteiger partial charge in [-0.1, -0.05) is 26.2 Å². The highest BCUT2D eigenvalue weighted by Crippen LogP contribution is 2.27. The van der Waals surface area contributed by atoms with Gasteiger partial charge in [0.2, 0.25) is 0 Å². The van der Waals surface area contributed by atoms with Crippen LogP contribution in [0.2, 0.25) is 0 Å². The lowest BCUT2D eigenvalue weighted by atomic mass is 10.0. The minimum atomic E-state index is -0.471. The SMILES string of the molecule is CCCCCCOc1c(CO)cc(C(=O)OCC)cc1CO. The quantitative estimate of drug-likeness (QED) is 0.513. The largest absolute Gasteiger partial charge is 0.493 e. The van der Waals surface area contributed by atoms with E-state index in [2.05, 4.69) is 6.92 Å². The van der Waals surface area contributed by atoms with Gasteiger partial charge in [0.05, 0.1) is 32.0 Å². The molecule has 2 N–H and O–H groups in total. The Balaban J connectivity index is 2.88. The van der Waals surface area contributed by atoms with E-state index in [0.29, 0.717) is 29.0 Å². The van der Waals surface area contributed by atoms with E-state index in [4.69, 9.17) is 9.47 Å². The molecule has 124 valence electrons. The maximum absolute atomic E-state index is 11.8. The van der Waals surface area contributed by atoms with E-state index in [9.17, 15) is 15.0 Å². The van der Waals surface area contributed by atoms with Crippen molar-refractivity contribution in [2.45, 2.75) is 52.7 Å². The number of hydrogen-bond acceptors (Lipinski definition) is 5. The molecule has 1 rings (SSSR count). The second-order valence-corrected chi connectivity index (χ2v) is 5.07. The second kappa shape index (κ2) is 10.2. The van der Waals surface area contributed by atoms with E-state index >= 15 is 0 Å². The first-order valence-corrected chi connectivity index (χ1v) is 7.85. The number of benzene rings is 1. The molecule has 1 aromatic rings. The molecule has 0 aliphatic carbocycles. The minimum Gasteiger partial charge on any atom is -0.493 e. The van der Waals surface area contributed by atoms with Crippen LogP contribution in [0.25, 0.3) is 0 Å². The molecule has 0 atom stereocenters. The zero-order valence-electron chi connectivity index (χ0n) is 13.4. The van der Waals surface area contributed by atoms with Crippen LogP contribution in [0.4, 0.5) is 0 Å². The Hall–Kier alpha value is -1.59. The Morgan fingerprint density at radius 2 is 1.68 bits per heavy atom. The second-order valence-electron chi connectivity index (χ2n) is 5.07. The third-order valence-electron chi connectivity index (χ3n) is 3.34. The summed E-state index contributed by atoms with van der Waals surface area (Å²) in [5.41, 5.74) is 1.29. The van der Waals surface area contributed by atoms with Gasteiger partial charge in [-0.15, -0.1) is 0 Å². The maximum atomic E-state index is 11.8. The summed E-state index contributed by atoms with van der Waals surface area (Å²) in [5, 5.41) is 19.0. The van der Waals surface area contributed by atoms with Crippen molar-refractivity contribution in [3.05, 3.63) is 28.8 Å². The molecule has 0 saturated carbocycles. The van der Waals surface area contributed by atoms with Crippen LogP contribution in [0.5, 0.6) is 5.75 Å². The van der Waals surface area contributed by atoms with Gasteiger partial charge in [0, 0.05) is 11.1 Å². The Morgan fingerprint density at radius 3 is 2.18 bits per heavy atom. The molecule has 0 bridgehead atoms. The molecule has 0 aliphatic heterocycles. The van der Waals surface area contributed by atoms with Crippen LogP contribution in [0.1, 0.15) is 61.0 Å². The van der Waals surface area contributed by atoms with Crippen LogP contribution in [-0.4, -0.2) is 29.4 Å². The van der Waals surface area contributed by atoms with Crippen molar-refractivity contribution in [1.29, 1.82) is 0 Å². The minimum absolute atomic E-state index is 0.259. The Kier molecular flexibility index (Phi) is 8.55. The topological polar surface area (TPSA) is 76.0 Å². The molecule has 0 aliphatic rings. The summed E-state index contributed by atoms with van der Waals surface area (Å²) in [6, 6.07) is 3.11. The Morgan fingerprint density at radius 1 is 1.05 bits per heavy atom. The molecular formula is C17H26O5. The monoisotopic (exact) mass is 310 g/mol. The normalized spacial score (nSPS) is 10.5. The number of aliphatic hydroxyl groups is 2. The Labute approximate surface area is 131 Å².